The normalized spacial score (nSPS) is 12.1. The van der Waals surface area contributed by atoms with Crippen LogP contribution in [-0.2, 0) is 11.5 Å². The molecule has 5 nitrogen and oxygen atoms in total. The number of nitrogens with zero attached hydrogens (tertiary/aromatic N) is 3. The molecule has 122 valence electrons. The van der Waals surface area contributed by atoms with Crippen LogP contribution >= 0.6 is 27.5 Å². The van der Waals surface area contributed by atoms with E-state index in [2.05, 4.69) is 51.0 Å². The Morgan fingerprint density at radius 2 is 2.14 bits per heavy atom. The van der Waals surface area contributed by atoms with Crippen LogP contribution in [0.4, 0.5) is 5.82 Å². The molecule has 2 heterocycles. The van der Waals surface area contributed by atoms with Gasteiger partial charge in [-0.2, -0.15) is 5.10 Å². The van der Waals surface area contributed by atoms with Crippen LogP contribution in [0.2, 0.25) is 30.8 Å². The number of halogens is 2. The van der Waals surface area contributed by atoms with Gasteiger partial charge in [-0.15, -0.1) is 0 Å². The summed E-state index contributed by atoms with van der Waals surface area (Å²) in [5, 5.41) is 8.20. The number of pyridine rings is 1. The van der Waals surface area contributed by atoms with E-state index in [0.717, 1.165) is 40.5 Å². The van der Waals surface area contributed by atoms with Crippen molar-refractivity contribution in [2.75, 3.05) is 18.5 Å². The zero-order valence-electron chi connectivity index (χ0n) is 13.4. The van der Waals surface area contributed by atoms with Crippen molar-refractivity contribution < 1.29 is 4.74 Å². The van der Waals surface area contributed by atoms with Crippen molar-refractivity contribution in [3.05, 3.63) is 15.7 Å². The summed E-state index contributed by atoms with van der Waals surface area (Å²) in [6, 6.07) is 3.07. The predicted molar refractivity (Wildman–Crippen MR) is 98.5 cm³/mol. The Kier molecular flexibility index (Phi) is 5.87. The van der Waals surface area contributed by atoms with E-state index in [4.69, 9.17) is 16.3 Å². The summed E-state index contributed by atoms with van der Waals surface area (Å²) < 4.78 is 8.38. The van der Waals surface area contributed by atoms with E-state index < -0.39 is 8.07 Å². The minimum Gasteiger partial charge on any atom is -0.367 e. The van der Waals surface area contributed by atoms with Gasteiger partial charge in [0.05, 0.1) is 9.99 Å². The second kappa shape index (κ2) is 7.29. The largest absolute Gasteiger partial charge is 0.367 e. The molecule has 0 aromatic carbocycles. The van der Waals surface area contributed by atoms with Gasteiger partial charge in [0.25, 0.3) is 0 Å². The third-order valence-electron chi connectivity index (χ3n) is 3.19. The van der Waals surface area contributed by atoms with Crippen molar-refractivity contribution in [1.82, 2.24) is 14.8 Å². The van der Waals surface area contributed by atoms with Crippen LogP contribution in [0, 0.1) is 0 Å². The van der Waals surface area contributed by atoms with Crippen LogP contribution in [0.1, 0.15) is 6.92 Å². The number of hydrogen-bond acceptors (Lipinski definition) is 4. The first-order chi connectivity index (χ1) is 10.3. The van der Waals surface area contributed by atoms with Gasteiger partial charge in [0.15, 0.2) is 5.82 Å². The van der Waals surface area contributed by atoms with Gasteiger partial charge in [-0.3, -0.25) is 0 Å². The highest BCUT2D eigenvalue weighted by molar-refractivity contribution is 9.10. The van der Waals surface area contributed by atoms with E-state index in [0.29, 0.717) is 11.9 Å². The highest BCUT2D eigenvalue weighted by Gasteiger charge is 2.15. The molecule has 8 heteroatoms. The summed E-state index contributed by atoms with van der Waals surface area (Å²) in [7, 11) is -1.08. The van der Waals surface area contributed by atoms with Gasteiger partial charge in [0, 0.05) is 21.2 Å². The lowest BCUT2D eigenvalue weighted by Gasteiger charge is -2.15. The number of fused-ring (bicyclic) bond motifs is 1. The molecule has 0 atom stereocenters. The monoisotopic (exact) mass is 404 g/mol. The average molecular weight is 406 g/mol. The van der Waals surface area contributed by atoms with E-state index >= 15 is 0 Å². The minimum absolute atomic E-state index is 0.419. The summed E-state index contributed by atoms with van der Waals surface area (Å²) in [4.78, 5) is 4.41. The van der Waals surface area contributed by atoms with Gasteiger partial charge in [-0.1, -0.05) is 31.2 Å². The second-order valence-electron chi connectivity index (χ2n) is 6.36. The highest BCUT2D eigenvalue weighted by Crippen LogP contribution is 2.29. The van der Waals surface area contributed by atoms with Gasteiger partial charge in [0.1, 0.15) is 17.4 Å². The quantitative estimate of drug-likeness (QED) is 0.416. The smallest absolute Gasteiger partial charge is 0.174 e. The topological polar surface area (TPSA) is 52.0 Å². The fourth-order valence-corrected chi connectivity index (χ4v) is 3.17. The lowest BCUT2D eigenvalue weighted by Crippen LogP contribution is -2.22. The lowest BCUT2D eigenvalue weighted by atomic mass is 10.3. The predicted octanol–water partition coefficient (Wildman–Crippen LogP) is 4.59. The number of anilines is 1. The summed E-state index contributed by atoms with van der Waals surface area (Å²) >= 11 is 9.51. The third kappa shape index (κ3) is 4.44. The van der Waals surface area contributed by atoms with Gasteiger partial charge < -0.3 is 10.1 Å². The second-order valence-corrected chi connectivity index (χ2v) is 13.2. The SMILES string of the molecule is CCNc1nn(COCC[Si](C)(C)C)c2cc(Br)c(Cl)nc12. The first-order valence-electron chi connectivity index (χ1n) is 7.36. The summed E-state index contributed by atoms with van der Waals surface area (Å²) in [6.07, 6.45) is 0. The molecule has 2 aromatic heterocycles. The molecular weight excluding hydrogens is 384 g/mol. The Morgan fingerprint density at radius 3 is 2.77 bits per heavy atom. The average Bonchev–Trinajstić information content (AvgIpc) is 2.73. The number of hydrogen-bond donors (Lipinski definition) is 1. The fourth-order valence-electron chi connectivity index (χ4n) is 1.96. The molecule has 22 heavy (non-hydrogen) atoms. The molecule has 0 spiro atoms. The third-order valence-corrected chi connectivity index (χ3v) is 6.02. The molecule has 0 aliphatic rings. The molecule has 0 bridgehead atoms. The molecule has 2 aromatic rings. The Morgan fingerprint density at radius 1 is 1.41 bits per heavy atom. The van der Waals surface area contributed by atoms with Crippen molar-refractivity contribution >= 4 is 52.5 Å². The Balaban J connectivity index is 2.20. The van der Waals surface area contributed by atoms with Crippen LogP contribution in [0.3, 0.4) is 0 Å². The molecule has 0 fully saturated rings. The van der Waals surface area contributed by atoms with Crippen molar-refractivity contribution in [2.45, 2.75) is 39.3 Å². The standard InChI is InChI=1S/C14H22BrClN4OSi/c1-5-17-14-12-11(8-10(15)13(16)18-12)20(19-14)9-21-6-7-22(2,3)4/h8H,5-7,9H2,1-4H3,(H,17,19). The summed E-state index contributed by atoms with van der Waals surface area (Å²) in [6.45, 7) is 11.0. The summed E-state index contributed by atoms with van der Waals surface area (Å²) in [5.41, 5.74) is 1.67. The fraction of sp³-hybridized carbons (Fsp3) is 0.571. The lowest BCUT2D eigenvalue weighted by molar-refractivity contribution is 0.0819. The van der Waals surface area contributed by atoms with Gasteiger partial charge >= 0.3 is 0 Å². The molecular formula is C14H22BrClN4OSi. The van der Waals surface area contributed by atoms with Crippen molar-refractivity contribution in [3.63, 3.8) is 0 Å². The number of ether oxygens (including phenoxy) is 1. The van der Waals surface area contributed by atoms with E-state index in [-0.39, 0.29) is 0 Å². The van der Waals surface area contributed by atoms with Gasteiger partial charge in [-0.25, -0.2) is 9.67 Å². The molecule has 0 amide bonds. The van der Waals surface area contributed by atoms with Crippen molar-refractivity contribution in [3.8, 4) is 0 Å². The van der Waals surface area contributed by atoms with Crippen LogP contribution in [0.25, 0.3) is 11.0 Å². The minimum atomic E-state index is -1.08. The van der Waals surface area contributed by atoms with Crippen molar-refractivity contribution in [1.29, 1.82) is 0 Å². The van der Waals surface area contributed by atoms with Crippen LogP contribution < -0.4 is 5.32 Å². The van der Waals surface area contributed by atoms with Crippen LogP contribution in [0.15, 0.2) is 10.5 Å². The van der Waals surface area contributed by atoms with Crippen LogP contribution in [-0.4, -0.2) is 36.0 Å². The Labute approximate surface area is 145 Å². The molecule has 2 rings (SSSR count). The van der Waals surface area contributed by atoms with Crippen LogP contribution in [0.5, 0.6) is 0 Å². The molecule has 0 saturated carbocycles. The molecule has 0 aliphatic carbocycles. The van der Waals surface area contributed by atoms with Gasteiger partial charge in [-0.05, 0) is 35.0 Å². The molecule has 0 saturated heterocycles. The number of nitrogens with one attached hydrogen (secondary N) is 1. The zero-order valence-corrected chi connectivity index (χ0v) is 16.8. The Bertz CT molecular complexity index is 656. The van der Waals surface area contributed by atoms with E-state index in [1.807, 2.05) is 17.7 Å². The number of aromatic nitrogens is 3. The van der Waals surface area contributed by atoms with Crippen molar-refractivity contribution in [2.24, 2.45) is 0 Å². The maximum absolute atomic E-state index is 6.10. The summed E-state index contributed by atoms with van der Waals surface area (Å²) in [5.74, 6) is 0.737. The molecule has 1 N–H and O–H groups in total. The van der Waals surface area contributed by atoms with E-state index in [1.54, 1.807) is 0 Å². The highest BCUT2D eigenvalue weighted by atomic mass is 79.9. The first kappa shape index (κ1) is 17.7. The maximum atomic E-state index is 6.10. The zero-order chi connectivity index (χ0) is 16.3. The molecule has 0 aliphatic heterocycles. The van der Waals surface area contributed by atoms with Gasteiger partial charge in [0.2, 0.25) is 0 Å². The Hall–Kier alpha value is -0.633. The first-order valence-corrected chi connectivity index (χ1v) is 12.2. The maximum Gasteiger partial charge on any atom is 0.174 e. The van der Waals surface area contributed by atoms with E-state index in [1.165, 1.54) is 0 Å². The molecule has 0 radical (unpaired) electrons. The van der Waals surface area contributed by atoms with E-state index in [9.17, 15) is 0 Å². The number of rotatable bonds is 7. The molecule has 0 unspecified atom stereocenters.